The number of hydrogen-bond acceptors (Lipinski definition) is 5. The van der Waals surface area contributed by atoms with Gasteiger partial charge in [0, 0.05) is 0 Å². The zero-order valence-electron chi connectivity index (χ0n) is 10.2. The van der Waals surface area contributed by atoms with Crippen LogP contribution in [0.3, 0.4) is 0 Å². The lowest BCUT2D eigenvalue weighted by Crippen LogP contribution is -2.15. The molecular formula is C9H26N2O3. The Morgan fingerprint density at radius 3 is 0.929 bits per heavy atom. The van der Waals surface area contributed by atoms with Gasteiger partial charge in [-0.05, 0) is 42.3 Å². The zero-order valence-corrected chi connectivity index (χ0v) is 10.2. The van der Waals surface area contributed by atoms with Crippen LogP contribution in [0.1, 0.15) is 0 Å². The molecule has 0 aliphatic heterocycles. The Morgan fingerprint density at radius 2 is 0.929 bits per heavy atom. The highest BCUT2D eigenvalue weighted by atomic mass is 16.3. The average molecular weight is 210 g/mol. The van der Waals surface area contributed by atoms with E-state index >= 15 is 0 Å². The summed E-state index contributed by atoms with van der Waals surface area (Å²) in [7, 11) is 12.0. The number of hydrogen-bond donors (Lipinski definition) is 3. The number of nitrogens with zero attached hydrogens (tertiary/aromatic N) is 2. The molecule has 3 N–H and O–H groups in total. The molecule has 0 fully saturated rings. The van der Waals surface area contributed by atoms with Crippen LogP contribution >= 0.6 is 0 Å². The van der Waals surface area contributed by atoms with E-state index in [9.17, 15) is 0 Å². The summed E-state index contributed by atoms with van der Waals surface area (Å²) >= 11 is 0. The molecule has 0 aromatic carbocycles. The molecule has 0 atom stereocenters. The minimum atomic E-state index is -0.954. The van der Waals surface area contributed by atoms with Crippen molar-refractivity contribution in [2.45, 2.75) is 6.10 Å². The van der Waals surface area contributed by atoms with Crippen molar-refractivity contribution in [3.8, 4) is 0 Å². The maximum absolute atomic E-state index is 8.17. The Kier molecular flexibility index (Phi) is 21.2. The lowest BCUT2D eigenvalue weighted by molar-refractivity contribution is 0.0450. The van der Waals surface area contributed by atoms with Gasteiger partial charge in [-0.1, -0.05) is 0 Å². The first-order chi connectivity index (χ1) is 6.27. The van der Waals surface area contributed by atoms with E-state index in [1.807, 2.05) is 52.1 Å². The van der Waals surface area contributed by atoms with Gasteiger partial charge in [0.15, 0.2) is 0 Å². The molecule has 0 unspecified atom stereocenters. The van der Waals surface area contributed by atoms with Crippen LogP contribution in [0.4, 0.5) is 0 Å². The second-order valence-corrected chi connectivity index (χ2v) is 3.70. The van der Waals surface area contributed by atoms with Crippen molar-refractivity contribution < 1.29 is 15.3 Å². The third-order valence-corrected chi connectivity index (χ3v) is 0.421. The summed E-state index contributed by atoms with van der Waals surface area (Å²) < 4.78 is 0. The smallest absolute Gasteiger partial charge is 0.100 e. The molecule has 14 heavy (non-hydrogen) atoms. The van der Waals surface area contributed by atoms with E-state index < -0.39 is 6.10 Å². The summed E-state index contributed by atoms with van der Waals surface area (Å²) in [6, 6.07) is 0. The summed E-state index contributed by atoms with van der Waals surface area (Å²) in [4.78, 5) is 4.00. The van der Waals surface area contributed by atoms with E-state index in [4.69, 9.17) is 15.3 Å². The van der Waals surface area contributed by atoms with E-state index in [0.717, 1.165) is 0 Å². The first kappa shape index (κ1) is 19.4. The normalized spacial score (nSPS) is 9.43. The molecule has 0 aromatic rings. The van der Waals surface area contributed by atoms with Gasteiger partial charge in [0.2, 0.25) is 0 Å². The second kappa shape index (κ2) is 15.3. The van der Waals surface area contributed by atoms with E-state index in [1.165, 1.54) is 0 Å². The van der Waals surface area contributed by atoms with Gasteiger partial charge < -0.3 is 25.1 Å². The zero-order chi connectivity index (χ0) is 12.1. The van der Waals surface area contributed by atoms with Gasteiger partial charge in [0.1, 0.15) is 6.10 Å². The van der Waals surface area contributed by atoms with Gasteiger partial charge in [-0.25, -0.2) is 0 Å². The van der Waals surface area contributed by atoms with Crippen LogP contribution < -0.4 is 0 Å². The molecule has 0 aromatic heterocycles. The third kappa shape index (κ3) is 95.3. The predicted octanol–water partition coefficient (Wildman–Crippen LogP) is -1.31. The Morgan fingerprint density at radius 1 is 0.786 bits per heavy atom. The van der Waals surface area contributed by atoms with Crippen LogP contribution in [0.2, 0.25) is 0 Å². The van der Waals surface area contributed by atoms with Crippen molar-refractivity contribution in [3.05, 3.63) is 0 Å². The maximum atomic E-state index is 8.17. The maximum Gasteiger partial charge on any atom is 0.100 e. The summed E-state index contributed by atoms with van der Waals surface area (Å²) in [6.07, 6.45) is -0.954. The summed E-state index contributed by atoms with van der Waals surface area (Å²) in [5.74, 6) is 0. The fraction of sp³-hybridized carbons (Fsp3) is 1.00. The van der Waals surface area contributed by atoms with Crippen LogP contribution in [0.25, 0.3) is 0 Å². The molecule has 0 amide bonds. The van der Waals surface area contributed by atoms with Crippen LogP contribution in [-0.2, 0) is 0 Å². The molecule has 0 saturated carbocycles. The molecule has 5 heteroatoms. The molecule has 0 bridgehead atoms. The Labute approximate surface area is 87.6 Å². The SMILES string of the molecule is CN(C)C.CN(C)C.OCC(O)CO. The van der Waals surface area contributed by atoms with Crippen LogP contribution in [0.5, 0.6) is 0 Å². The highest BCUT2D eigenvalue weighted by Crippen LogP contribution is 1.71. The monoisotopic (exact) mass is 210 g/mol. The summed E-state index contributed by atoms with van der Waals surface area (Å²) in [5.41, 5.74) is 0. The van der Waals surface area contributed by atoms with Gasteiger partial charge in [0.25, 0.3) is 0 Å². The van der Waals surface area contributed by atoms with Gasteiger partial charge in [0.05, 0.1) is 13.2 Å². The first-order valence-corrected chi connectivity index (χ1v) is 4.39. The minimum absolute atomic E-state index is 0.365. The Balaban J connectivity index is -0.000000135. The van der Waals surface area contributed by atoms with Gasteiger partial charge in [-0.2, -0.15) is 0 Å². The van der Waals surface area contributed by atoms with Gasteiger partial charge in [-0.15, -0.1) is 0 Å². The molecule has 5 nitrogen and oxygen atoms in total. The van der Waals surface area contributed by atoms with Crippen molar-refractivity contribution in [3.63, 3.8) is 0 Å². The van der Waals surface area contributed by atoms with E-state index in [1.54, 1.807) is 0 Å². The molecular weight excluding hydrogens is 184 g/mol. The quantitative estimate of drug-likeness (QED) is 0.528. The van der Waals surface area contributed by atoms with E-state index in [0.29, 0.717) is 0 Å². The molecule has 0 saturated heterocycles. The number of aliphatic hydroxyl groups is 3. The van der Waals surface area contributed by atoms with Crippen LogP contribution in [-0.4, -0.2) is 86.7 Å². The highest BCUT2D eigenvalue weighted by Gasteiger charge is 1.93. The number of rotatable bonds is 2. The average Bonchev–Trinajstić information content (AvgIpc) is 2.01. The molecule has 0 heterocycles. The van der Waals surface area contributed by atoms with Gasteiger partial charge in [-0.3, -0.25) is 0 Å². The van der Waals surface area contributed by atoms with Crippen molar-refractivity contribution in [2.75, 3.05) is 55.5 Å². The van der Waals surface area contributed by atoms with Crippen LogP contribution in [0.15, 0.2) is 0 Å². The lowest BCUT2D eigenvalue weighted by Gasteiger charge is -1.96. The number of aliphatic hydroxyl groups excluding tert-OH is 3. The fourth-order valence-corrected chi connectivity index (χ4v) is 0.0577. The second-order valence-electron chi connectivity index (χ2n) is 3.70. The summed E-state index contributed by atoms with van der Waals surface area (Å²) in [6.45, 7) is -0.729. The third-order valence-electron chi connectivity index (χ3n) is 0.421. The molecule has 0 rings (SSSR count). The fourth-order valence-electron chi connectivity index (χ4n) is 0.0577. The topological polar surface area (TPSA) is 67.2 Å². The Hall–Kier alpha value is -0.200. The molecule has 0 spiro atoms. The molecule has 0 aliphatic rings. The van der Waals surface area contributed by atoms with Crippen molar-refractivity contribution in [1.82, 2.24) is 9.80 Å². The molecule has 0 aliphatic carbocycles. The van der Waals surface area contributed by atoms with Crippen molar-refractivity contribution in [1.29, 1.82) is 0 Å². The highest BCUT2D eigenvalue weighted by molar-refractivity contribution is 4.43. The molecule has 90 valence electrons. The van der Waals surface area contributed by atoms with Gasteiger partial charge >= 0.3 is 0 Å². The standard InChI is InChI=1S/2C3H9N.C3H8O3/c2*1-4(2)3;4-1-3(6)2-5/h2*1-3H3;3-6H,1-2H2. The molecule has 0 radical (unpaired) electrons. The van der Waals surface area contributed by atoms with E-state index in [2.05, 4.69) is 0 Å². The largest absolute Gasteiger partial charge is 0.394 e. The van der Waals surface area contributed by atoms with Crippen molar-refractivity contribution >= 4 is 0 Å². The predicted molar refractivity (Wildman–Crippen MR) is 59.4 cm³/mol. The van der Waals surface area contributed by atoms with E-state index in [-0.39, 0.29) is 13.2 Å². The summed E-state index contributed by atoms with van der Waals surface area (Å²) in [5, 5.41) is 24.0. The van der Waals surface area contributed by atoms with Crippen LogP contribution in [0, 0.1) is 0 Å². The first-order valence-electron chi connectivity index (χ1n) is 4.39. The Bertz CT molecular complexity index is 74.6. The minimum Gasteiger partial charge on any atom is -0.394 e. The van der Waals surface area contributed by atoms with Crippen molar-refractivity contribution in [2.24, 2.45) is 0 Å². The lowest BCUT2D eigenvalue weighted by atomic mass is 10.4.